The van der Waals surface area contributed by atoms with Crippen molar-refractivity contribution in [2.45, 2.75) is 26.7 Å². The fourth-order valence-electron chi connectivity index (χ4n) is 4.92. The van der Waals surface area contributed by atoms with Gasteiger partial charge in [-0.05, 0) is 80.8 Å². The van der Waals surface area contributed by atoms with E-state index in [0.717, 1.165) is 73.2 Å². The third-order valence-electron chi connectivity index (χ3n) is 7.10. The van der Waals surface area contributed by atoms with Crippen molar-refractivity contribution in [3.05, 3.63) is 101 Å². The summed E-state index contributed by atoms with van der Waals surface area (Å²) in [5, 5.41) is 5.74. The van der Waals surface area contributed by atoms with Crippen LogP contribution in [-0.4, -0.2) is 47.4 Å². The molecule has 5 heteroatoms. The van der Waals surface area contributed by atoms with E-state index in [0.29, 0.717) is 0 Å². The lowest BCUT2D eigenvalue weighted by atomic mass is 10.1. The smallest absolute Gasteiger partial charge is 0.0743 e. The summed E-state index contributed by atoms with van der Waals surface area (Å²) in [6.45, 7) is 9.95. The van der Waals surface area contributed by atoms with Gasteiger partial charge in [-0.25, -0.2) is 4.68 Å². The van der Waals surface area contributed by atoms with Crippen LogP contribution in [0.5, 0.6) is 0 Å². The quantitative estimate of drug-likeness (QED) is 0.296. The fourth-order valence-corrected chi connectivity index (χ4v) is 5.04. The number of hydrogen-bond donors (Lipinski definition) is 0. The Labute approximate surface area is 213 Å². The maximum atomic E-state index is 6.13. The van der Waals surface area contributed by atoms with Gasteiger partial charge in [-0.2, -0.15) is 5.10 Å². The zero-order valence-corrected chi connectivity index (χ0v) is 21.4. The van der Waals surface area contributed by atoms with Crippen molar-refractivity contribution >= 4 is 17.3 Å². The van der Waals surface area contributed by atoms with E-state index in [1.165, 1.54) is 16.8 Å². The summed E-state index contributed by atoms with van der Waals surface area (Å²) in [7, 11) is 0. The lowest BCUT2D eigenvalue weighted by Gasteiger charge is -2.37. The second kappa shape index (κ2) is 10.7. The van der Waals surface area contributed by atoms with E-state index < -0.39 is 0 Å². The molecule has 4 aromatic rings. The summed E-state index contributed by atoms with van der Waals surface area (Å²) in [5.41, 5.74) is 8.61. The van der Waals surface area contributed by atoms with Gasteiger partial charge in [0.15, 0.2) is 0 Å². The minimum absolute atomic E-state index is 0.748. The molecule has 1 fully saturated rings. The van der Waals surface area contributed by atoms with Crippen molar-refractivity contribution in [3.8, 4) is 16.9 Å². The highest BCUT2D eigenvalue weighted by Gasteiger charge is 2.19. The lowest BCUT2D eigenvalue weighted by molar-refractivity contribution is 0.254. The number of para-hydroxylation sites is 1. The van der Waals surface area contributed by atoms with Gasteiger partial charge in [-0.3, -0.25) is 4.90 Å². The third kappa shape index (κ3) is 5.44. The SMILES string of the molecule is Cc1cccc(N2CCN(CCCc3cc(-c4ccc(Cl)cc4)n(-c4ccccc4)n3)CC2)c1C. The normalized spacial score (nSPS) is 14.4. The molecule has 5 rings (SSSR count). The average Bonchev–Trinajstić information content (AvgIpc) is 3.31. The van der Waals surface area contributed by atoms with E-state index in [1.807, 2.05) is 18.2 Å². The number of halogens is 1. The molecule has 1 aliphatic rings. The number of anilines is 1. The minimum Gasteiger partial charge on any atom is -0.369 e. The van der Waals surface area contributed by atoms with Crippen LogP contribution >= 0.6 is 11.6 Å². The van der Waals surface area contributed by atoms with Crippen LogP contribution in [0.1, 0.15) is 23.2 Å². The van der Waals surface area contributed by atoms with Crippen molar-refractivity contribution in [1.29, 1.82) is 0 Å². The number of aromatic nitrogens is 2. The monoisotopic (exact) mass is 484 g/mol. The third-order valence-corrected chi connectivity index (χ3v) is 7.35. The summed E-state index contributed by atoms with van der Waals surface area (Å²) in [6, 6.07) is 27.2. The topological polar surface area (TPSA) is 24.3 Å². The van der Waals surface area contributed by atoms with Gasteiger partial charge in [-0.15, -0.1) is 0 Å². The number of piperazine rings is 1. The largest absolute Gasteiger partial charge is 0.369 e. The lowest BCUT2D eigenvalue weighted by Crippen LogP contribution is -2.47. The Morgan fingerprint density at radius 3 is 2.31 bits per heavy atom. The number of benzene rings is 3. The molecule has 0 aliphatic carbocycles. The van der Waals surface area contributed by atoms with E-state index in [1.54, 1.807) is 0 Å². The fraction of sp³-hybridized carbons (Fsp3) is 0.300. The molecule has 0 amide bonds. The Morgan fingerprint density at radius 1 is 0.829 bits per heavy atom. The van der Waals surface area contributed by atoms with Crippen LogP contribution < -0.4 is 4.90 Å². The minimum atomic E-state index is 0.748. The molecule has 0 spiro atoms. The highest BCUT2D eigenvalue weighted by molar-refractivity contribution is 6.30. The Hall–Kier alpha value is -3.08. The van der Waals surface area contributed by atoms with Crippen molar-refractivity contribution in [3.63, 3.8) is 0 Å². The van der Waals surface area contributed by atoms with Crippen LogP contribution in [0.3, 0.4) is 0 Å². The van der Waals surface area contributed by atoms with Crippen LogP contribution in [0.15, 0.2) is 78.9 Å². The van der Waals surface area contributed by atoms with Gasteiger partial charge in [0, 0.05) is 42.5 Å². The number of aryl methyl sites for hydroxylation is 2. The van der Waals surface area contributed by atoms with Crippen LogP contribution in [0, 0.1) is 13.8 Å². The predicted octanol–water partition coefficient (Wildman–Crippen LogP) is 6.56. The molecule has 1 saturated heterocycles. The molecule has 35 heavy (non-hydrogen) atoms. The van der Waals surface area contributed by atoms with Gasteiger partial charge >= 0.3 is 0 Å². The molecule has 0 saturated carbocycles. The van der Waals surface area contributed by atoms with E-state index in [9.17, 15) is 0 Å². The van der Waals surface area contributed by atoms with Gasteiger partial charge in [0.05, 0.1) is 17.1 Å². The Balaban J connectivity index is 1.22. The zero-order chi connectivity index (χ0) is 24.2. The standard InChI is InChI=1S/C30H33ClN4/c1-23-8-6-12-29(24(23)2)34-20-18-33(19-21-34)17-7-9-27-22-30(25-13-15-26(31)16-14-25)35(32-27)28-10-4-3-5-11-28/h3-6,8,10-16,22H,7,9,17-21H2,1-2H3. The molecule has 0 bridgehead atoms. The summed E-state index contributed by atoms with van der Waals surface area (Å²) >= 11 is 6.13. The Morgan fingerprint density at radius 2 is 1.57 bits per heavy atom. The first kappa shape index (κ1) is 23.7. The summed E-state index contributed by atoms with van der Waals surface area (Å²) in [5.74, 6) is 0. The highest BCUT2D eigenvalue weighted by Crippen LogP contribution is 2.27. The van der Waals surface area contributed by atoms with Gasteiger partial charge in [0.2, 0.25) is 0 Å². The number of nitrogens with zero attached hydrogens (tertiary/aromatic N) is 4. The van der Waals surface area contributed by atoms with Crippen LogP contribution in [-0.2, 0) is 6.42 Å². The van der Waals surface area contributed by atoms with E-state index in [-0.39, 0.29) is 0 Å². The van der Waals surface area contributed by atoms with E-state index in [4.69, 9.17) is 16.7 Å². The summed E-state index contributed by atoms with van der Waals surface area (Å²) < 4.78 is 2.06. The van der Waals surface area contributed by atoms with Crippen molar-refractivity contribution in [2.75, 3.05) is 37.6 Å². The molecule has 2 heterocycles. The Bertz CT molecular complexity index is 1260. The van der Waals surface area contributed by atoms with Gasteiger partial charge in [-0.1, -0.05) is 54.1 Å². The summed E-state index contributed by atoms with van der Waals surface area (Å²) in [4.78, 5) is 5.13. The van der Waals surface area contributed by atoms with Crippen molar-refractivity contribution < 1.29 is 0 Å². The molecule has 4 nitrogen and oxygen atoms in total. The highest BCUT2D eigenvalue weighted by atomic mass is 35.5. The molecule has 3 aromatic carbocycles. The van der Waals surface area contributed by atoms with Crippen LogP contribution in [0.4, 0.5) is 5.69 Å². The van der Waals surface area contributed by atoms with Crippen LogP contribution in [0.2, 0.25) is 5.02 Å². The van der Waals surface area contributed by atoms with E-state index in [2.05, 4.69) is 89.0 Å². The first-order valence-electron chi connectivity index (χ1n) is 12.5. The first-order chi connectivity index (χ1) is 17.1. The van der Waals surface area contributed by atoms with E-state index >= 15 is 0 Å². The second-order valence-corrected chi connectivity index (χ2v) is 9.86. The molecular formula is C30H33ClN4. The Kier molecular flexibility index (Phi) is 7.21. The van der Waals surface area contributed by atoms with Crippen LogP contribution in [0.25, 0.3) is 16.9 Å². The summed E-state index contributed by atoms with van der Waals surface area (Å²) in [6.07, 6.45) is 2.08. The van der Waals surface area contributed by atoms with Crippen molar-refractivity contribution in [2.24, 2.45) is 0 Å². The van der Waals surface area contributed by atoms with Gasteiger partial charge < -0.3 is 4.90 Å². The first-order valence-corrected chi connectivity index (χ1v) is 12.9. The molecule has 180 valence electrons. The molecule has 0 atom stereocenters. The van der Waals surface area contributed by atoms with Crippen molar-refractivity contribution in [1.82, 2.24) is 14.7 Å². The maximum absolute atomic E-state index is 6.13. The molecule has 1 aliphatic heterocycles. The van der Waals surface area contributed by atoms with Gasteiger partial charge in [0.1, 0.15) is 0 Å². The maximum Gasteiger partial charge on any atom is 0.0743 e. The molecule has 0 radical (unpaired) electrons. The predicted molar refractivity (Wildman–Crippen MR) is 147 cm³/mol. The second-order valence-electron chi connectivity index (χ2n) is 9.43. The zero-order valence-electron chi connectivity index (χ0n) is 20.6. The molecule has 1 aromatic heterocycles. The number of hydrogen-bond acceptors (Lipinski definition) is 3. The molecule has 0 N–H and O–H groups in total. The number of rotatable bonds is 7. The van der Waals surface area contributed by atoms with Gasteiger partial charge in [0.25, 0.3) is 0 Å². The molecular weight excluding hydrogens is 452 g/mol. The molecule has 0 unspecified atom stereocenters. The average molecular weight is 485 g/mol.